The highest BCUT2D eigenvalue weighted by Gasteiger charge is 2.27. The lowest BCUT2D eigenvalue weighted by Crippen LogP contribution is -2.32. The predicted molar refractivity (Wildman–Crippen MR) is 190 cm³/mol. The molecule has 6 aromatic rings. The molecule has 15 heteroatoms. The summed E-state index contributed by atoms with van der Waals surface area (Å²) in [6, 6.07) is 22.3. The Morgan fingerprint density at radius 3 is 2.40 bits per heavy atom. The molecule has 0 saturated heterocycles. The maximum Gasteiger partial charge on any atom is 0.292 e. The zero-order chi connectivity index (χ0) is 35.6. The molecule has 0 fully saturated rings. The smallest absolute Gasteiger partial charge is 0.292 e. The van der Waals surface area contributed by atoms with Crippen molar-refractivity contribution in [3.63, 3.8) is 0 Å². The number of nitrogens with one attached hydrogen (secondary N) is 2. The van der Waals surface area contributed by atoms with Crippen molar-refractivity contribution in [3.8, 4) is 11.5 Å². The van der Waals surface area contributed by atoms with Gasteiger partial charge in [0.15, 0.2) is 0 Å². The molecule has 0 radical (unpaired) electrons. The van der Waals surface area contributed by atoms with Gasteiger partial charge in [0.1, 0.15) is 28.6 Å². The van der Waals surface area contributed by atoms with E-state index in [1.54, 1.807) is 54.6 Å². The summed E-state index contributed by atoms with van der Waals surface area (Å²) in [6.45, 7) is 4.13. The molecule has 0 aliphatic heterocycles. The van der Waals surface area contributed by atoms with E-state index in [0.29, 0.717) is 44.6 Å². The van der Waals surface area contributed by atoms with Gasteiger partial charge < -0.3 is 14.5 Å². The van der Waals surface area contributed by atoms with E-state index in [9.17, 15) is 23.3 Å². The lowest BCUT2D eigenvalue weighted by Gasteiger charge is -2.12. The molecule has 0 aliphatic rings. The van der Waals surface area contributed by atoms with Crippen LogP contribution in [0.5, 0.6) is 11.5 Å². The van der Waals surface area contributed by atoms with E-state index in [0.717, 1.165) is 34.9 Å². The van der Waals surface area contributed by atoms with Gasteiger partial charge in [-0.1, -0.05) is 35.3 Å². The minimum atomic E-state index is -4.50. The molecule has 6 rings (SSSR count). The first-order valence-electron chi connectivity index (χ1n) is 15.2. The van der Waals surface area contributed by atoms with Gasteiger partial charge in [0, 0.05) is 34.5 Å². The number of fused-ring (bicyclic) bond motifs is 1. The first-order chi connectivity index (χ1) is 23.9. The number of anilines is 1. The van der Waals surface area contributed by atoms with E-state index in [1.807, 2.05) is 26.0 Å². The number of ether oxygens (including phenoxy) is 1. The van der Waals surface area contributed by atoms with Crippen LogP contribution in [-0.2, 0) is 23.0 Å². The number of nitro groups is 1. The molecule has 4 aromatic carbocycles. The molecule has 0 unspecified atom stereocenters. The van der Waals surface area contributed by atoms with Crippen LogP contribution >= 0.6 is 23.2 Å². The van der Waals surface area contributed by atoms with Crippen LogP contribution in [0.4, 0.5) is 11.4 Å². The van der Waals surface area contributed by atoms with Crippen LogP contribution in [0.25, 0.3) is 10.9 Å². The lowest BCUT2D eigenvalue weighted by molar-refractivity contribution is -0.384. The van der Waals surface area contributed by atoms with E-state index < -0.39 is 20.9 Å². The van der Waals surface area contributed by atoms with Gasteiger partial charge in [-0.15, -0.1) is 0 Å². The zero-order valence-electron chi connectivity index (χ0n) is 26.6. The molecule has 0 atom stereocenters. The topological polar surface area (TPSA) is 159 Å². The van der Waals surface area contributed by atoms with Gasteiger partial charge in [-0.25, -0.2) is 13.1 Å². The third kappa shape index (κ3) is 7.59. The van der Waals surface area contributed by atoms with Gasteiger partial charge in [0.25, 0.3) is 21.6 Å². The number of amides is 1. The summed E-state index contributed by atoms with van der Waals surface area (Å²) in [5, 5.41) is 20.6. The fourth-order valence-corrected chi connectivity index (χ4v) is 6.64. The van der Waals surface area contributed by atoms with Crippen molar-refractivity contribution in [2.45, 2.75) is 31.7 Å². The van der Waals surface area contributed by atoms with Gasteiger partial charge >= 0.3 is 0 Å². The minimum absolute atomic E-state index is 0.0219. The Morgan fingerprint density at radius 2 is 1.72 bits per heavy atom. The van der Waals surface area contributed by atoms with E-state index in [2.05, 4.69) is 15.1 Å². The van der Waals surface area contributed by atoms with Crippen molar-refractivity contribution in [1.82, 2.24) is 14.5 Å². The fraction of sp³-hybridized carbons (Fsp3) is 0.143. The molecule has 50 heavy (non-hydrogen) atoms. The third-order valence-corrected chi connectivity index (χ3v) is 9.95. The minimum Gasteiger partial charge on any atom is -0.469 e. The Labute approximate surface area is 296 Å². The normalized spacial score (nSPS) is 11.4. The maximum absolute atomic E-state index is 13.8. The quantitative estimate of drug-likeness (QED) is 0.0937. The van der Waals surface area contributed by atoms with E-state index in [1.165, 1.54) is 10.9 Å². The number of sulfonamides is 1. The van der Waals surface area contributed by atoms with Crippen LogP contribution in [0.15, 0.2) is 101 Å². The highest BCUT2D eigenvalue weighted by Crippen LogP contribution is 2.31. The molecule has 0 aliphatic carbocycles. The van der Waals surface area contributed by atoms with Crippen LogP contribution in [0.3, 0.4) is 0 Å². The summed E-state index contributed by atoms with van der Waals surface area (Å²) in [6.07, 6.45) is 1.91. The number of rotatable bonds is 12. The van der Waals surface area contributed by atoms with Gasteiger partial charge in [-0.05, 0) is 97.3 Å². The maximum atomic E-state index is 13.8. The molecular weight excluding hydrogens is 705 g/mol. The fourth-order valence-electron chi connectivity index (χ4n) is 5.39. The first kappa shape index (κ1) is 34.5. The van der Waals surface area contributed by atoms with E-state index in [4.69, 9.17) is 32.4 Å². The molecule has 0 saturated carbocycles. The molecule has 2 aromatic heterocycles. The average molecular weight is 735 g/mol. The Hall–Kier alpha value is -5.37. The Kier molecular flexibility index (Phi) is 9.82. The van der Waals surface area contributed by atoms with Crippen LogP contribution in [0, 0.1) is 24.0 Å². The van der Waals surface area contributed by atoms with Gasteiger partial charge in [0.2, 0.25) is 0 Å². The molecule has 0 bridgehead atoms. The summed E-state index contributed by atoms with van der Waals surface area (Å²) >= 11 is 12.5. The molecule has 12 nitrogen and oxygen atoms in total. The van der Waals surface area contributed by atoms with Gasteiger partial charge in [-0.3, -0.25) is 19.6 Å². The number of aromatic nitrogens is 2. The summed E-state index contributed by atoms with van der Waals surface area (Å²) < 4.78 is 41.9. The second-order valence-electron chi connectivity index (χ2n) is 11.4. The predicted octanol–water partition coefficient (Wildman–Crippen LogP) is 8.08. The molecule has 256 valence electrons. The number of hydrogen-bond acceptors (Lipinski definition) is 9. The van der Waals surface area contributed by atoms with Crippen molar-refractivity contribution >= 4 is 61.4 Å². The number of nitrogens with zero attached hydrogens (tertiary/aromatic N) is 3. The molecule has 1 amide bonds. The van der Waals surface area contributed by atoms with Crippen LogP contribution in [-0.4, -0.2) is 35.6 Å². The highest BCUT2D eigenvalue weighted by atomic mass is 35.5. The largest absolute Gasteiger partial charge is 0.469 e. The molecule has 0 spiro atoms. The van der Waals surface area contributed by atoms with Crippen molar-refractivity contribution in [2.75, 3.05) is 11.9 Å². The van der Waals surface area contributed by atoms with Crippen molar-refractivity contribution < 1.29 is 27.3 Å². The summed E-state index contributed by atoms with van der Waals surface area (Å²) in [4.78, 5) is 24.5. The van der Waals surface area contributed by atoms with Crippen LogP contribution in [0.1, 0.15) is 32.9 Å². The van der Waals surface area contributed by atoms with Gasteiger partial charge in [-0.2, -0.15) is 5.10 Å². The molecule has 2 N–H and O–H groups in total. The SMILES string of the molecule is Cc1cc(Oc2ccc(Cn3nc4cc(Cl)ccc4c3C(=O)NS(=O)(=O)c3ccc([N+](=O)[O-])c(NCCc4ccco4)c3)cc2)cc(C)c1Cl. The standard InChI is InChI=1S/C35H29Cl2N5O7S/c1-21-16-27(17-22(2)33(21)37)49-26-8-5-23(6-9-26)20-41-34(29-11-7-24(36)18-30(29)39-41)35(43)40-50(46,47)28-10-12-32(42(44)45)31(19-28)38-14-13-25-4-3-15-48-25/h3-12,15-19,38H,13-14,20H2,1-2H3,(H,40,43). The third-order valence-electron chi connectivity index (χ3n) is 7.79. The van der Waals surface area contributed by atoms with Crippen molar-refractivity contribution in [1.29, 1.82) is 0 Å². The monoisotopic (exact) mass is 733 g/mol. The summed E-state index contributed by atoms with van der Waals surface area (Å²) in [5.41, 5.74) is 2.53. The van der Waals surface area contributed by atoms with Gasteiger partial charge in [0.05, 0.1) is 28.1 Å². The summed E-state index contributed by atoms with van der Waals surface area (Å²) in [5.74, 6) is 0.911. The number of furan rings is 1. The Bertz CT molecular complexity index is 2320. The van der Waals surface area contributed by atoms with E-state index in [-0.39, 0.29) is 35.1 Å². The number of hydrogen-bond donors (Lipinski definition) is 2. The van der Waals surface area contributed by atoms with Crippen molar-refractivity contribution in [2.24, 2.45) is 0 Å². The Morgan fingerprint density at radius 1 is 0.980 bits per heavy atom. The molecule has 2 heterocycles. The number of nitro benzene ring substituents is 1. The lowest BCUT2D eigenvalue weighted by atomic mass is 10.1. The van der Waals surface area contributed by atoms with E-state index >= 15 is 0 Å². The Balaban J connectivity index is 1.24. The summed E-state index contributed by atoms with van der Waals surface area (Å²) in [7, 11) is -4.50. The average Bonchev–Trinajstić information content (AvgIpc) is 3.71. The second-order valence-corrected chi connectivity index (χ2v) is 13.9. The number of benzene rings is 4. The highest BCUT2D eigenvalue weighted by molar-refractivity contribution is 7.90. The number of carbonyl (C=O) groups is 1. The second kappa shape index (κ2) is 14.2. The van der Waals surface area contributed by atoms with Crippen LogP contribution < -0.4 is 14.8 Å². The zero-order valence-corrected chi connectivity index (χ0v) is 29.0. The number of carbonyl (C=O) groups excluding carboxylic acids is 1. The number of aryl methyl sites for hydroxylation is 2. The molecular formula is C35H29Cl2N5O7S. The number of halogens is 2. The van der Waals surface area contributed by atoms with Crippen molar-refractivity contribution in [3.05, 3.63) is 139 Å². The van der Waals surface area contributed by atoms with Crippen LogP contribution in [0.2, 0.25) is 10.0 Å². The first-order valence-corrected chi connectivity index (χ1v) is 17.4.